The Labute approximate surface area is 143 Å². The lowest BCUT2D eigenvalue weighted by Gasteiger charge is -2.34. The van der Waals surface area contributed by atoms with Gasteiger partial charge in [-0.05, 0) is 24.3 Å². The molecule has 3 nitrogen and oxygen atoms in total. The van der Waals surface area contributed by atoms with Gasteiger partial charge in [0.25, 0.3) is 5.91 Å². The minimum atomic E-state index is -1.20. The average molecular weight is 349 g/mol. The molecule has 0 radical (unpaired) electrons. The number of carbonyl (C=O) groups excluding carboxylic acids is 1. The maximum Gasteiger partial charge on any atom is 0.259 e. The molecule has 2 aromatic carbocycles. The zero-order valence-electron chi connectivity index (χ0n) is 13.5. The van der Waals surface area contributed by atoms with E-state index in [1.807, 2.05) is 30.3 Å². The molecule has 1 saturated heterocycles. The first-order valence-electron chi connectivity index (χ1n) is 8.14. The van der Waals surface area contributed by atoms with E-state index >= 15 is 0 Å². The fourth-order valence-electron chi connectivity index (χ4n) is 3.25. The number of carbonyl (C=O) groups is 1. The van der Waals surface area contributed by atoms with Gasteiger partial charge >= 0.3 is 0 Å². The van der Waals surface area contributed by atoms with Crippen molar-refractivity contribution >= 4 is 5.91 Å². The zero-order chi connectivity index (χ0) is 18.0. The highest BCUT2D eigenvalue weighted by Gasteiger charge is 2.31. The summed E-state index contributed by atoms with van der Waals surface area (Å²) in [5, 5.41) is 10.4. The van der Waals surface area contributed by atoms with Crippen molar-refractivity contribution in [2.45, 2.75) is 18.9 Å². The molecule has 3 rings (SSSR count). The number of benzene rings is 2. The van der Waals surface area contributed by atoms with Crippen molar-refractivity contribution in [3.63, 3.8) is 0 Å². The number of rotatable bonds is 3. The first kappa shape index (κ1) is 17.5. The summed E-state index contributed by atoms with van der Waals surface area (Å²) in [5.74, 6) is -4.28. The molecule has 1 atom stereocenters. The molecule has 1 fully saturated rings. The van der Waals surface area contributed by atoms with E-state index in [1.165, 1.54) is 4.90 Å². The summed E-state index contributed by atoms with van der Waals surface area (Å²) in [6.45, 7) is 0.563. The van der Waals surface area contributed by atoms with E-state index in [0.29, 0.717) is 25.0 Å². The van der Waals surface area contributed by atoms with Crippen LogP contribution in [0, 0.1) is 23.4 Å². The summed E-state index contributed by atoms with van der Waals surface area (Å²) >= 11 is 0. The summed E-state index contributed by atoms with van der Waals surface area (Å²) in [7, 11) is 0. The SMILES string of the molecule is O=C(c1c(F)cc(F)cc1F)N1CCC(C(O)c2ccccc2)CC1. The molecule has 0 spiro atoms. The van der Waals surface area contributed by atoms with Gasteiger partial charge in [0.15, 0.2) is 0 Å². The van der Waals surface area contributed by atoms with E-state index in [4.69, 9.17) is 0 Å². The summed E-state index contributed by atoms with van der Waals surface area (Å²) in [6.07, 6.45) is 0.399. The van der Waals surface area contributed by atoms with Gasteiger partial charge in [-0.15, -0.1) is 0 Å². The van der Waals surface area contributed by atoms with Crippen LogP contribution in [0.15, 0.2) is 42.5 Å². The largest absolute Gasteiger partial charge is 0.388 e. The molecular weight excluding hydrogens is 331 g/mol. The predicted octanol–water partition coefficient (Wildman–Crippen LogP) is 3.69. The highest BCUT2D eigenvalue weighted by molar-refractivity contribution is 5.94. The van der Waals surface area contributed by atoms with Crippen LogP contribution in [0.1, 0.15) is 34.9 Å². The Kier molecular flexibility index (Phi) is 5.08. The standard InChI is InChI=1S/C19H18F3NO2/c20-14-10-15(21)17(16(22)11-14)19(25)23-8-6-13(7-9-23)18(24)12-4-2-1-3-5-12/h1-5,10-11,13,18,24H,6-9H2. The molecular formula is C19H18F3NO2. The highest BCUT2D eigenvalue weighted by Crippen LogP contribution is 2.31. The van der Waals surface area contributed by atoms with Crippen LogP contribution >= 0.6 is 0 Å². The number of amides is 1. The lowest BCUT2D eigenvalue weighted by atomic mass is 9.87. The van der Waals surface area contributed by atoms with Crippen LogP contribution < -0.4 is 0 Å². The van der Waals surface area contributed by atoms with Gasteiger partial charge in [-0.25, -0.2) is 13.2 Å². The second-order valence-electron chi connectivity index (χ2n) is 6.23. The summed E-state index contributed by atoms with van der Waals surface area (Å²) in [4.78, 5) is 13.7. The van der Waals surface area contributed by atoms with Crippen molar-refractivity contribution in [3.8, 4) is 0 Å². The van der Waals surface area contributed by atoms with Crippen LogP contribution in [0.5, 0.6) is 0 Å². The molecule has 2 aromatic rings. The monoisotopic (exact) mass is 349 g/mol. The van der Waals surface area contributed by atoms with E-state index in [-0.39, 0.29) is 19.0 Å². The Bertz CT molecular complexity index is 736. The van der Waals surface area contributed by atoms with Gasteiger partial charge in [0.05, 0.1) is 6.10 Å². The van der Waals surface area contributed by atoms with Gasteiger partial charge in [0.2, 0.25) is 0 Å². The molecule has 132 valence electrons. The fraction of sp³-hybridized carbons (Fsp3) is 0.316. The molecule has 0 aromatic heterocycles. The fourth-order valence-corrected chi connectivity index (χ4v) is 3.25. The van der Waals surface area contributed by atoms with E-state index in [2.05, 4.69) is 0 Å². The van der Waals surface area contributed by atoms with Crippen molar-refractivity contribution in [1.29, 1.82) is 0 Å². The summed E-state index contributed by atoms with van der Waals surface area (Å²) in [6, 6.07) is 10.2. The van der Waals surface area contributed by atoms with E-state index in [9.17, 15) is 23.1 Å². The third kappa shape index (κ3) is 3.69. The third-order valence-electron chi connectivity index (χ3n) is 4.64. The second kappa shape index (κ2) is 7.27. The Morgan fingerprint density at radius 1 is 1.04 bits per heavy atom. The number of aliphatic hydroxyl groups excluding tert-OH is 1. The number of halogens is 3. The van der Waals surface area contributed by atoms with Gasteiger partial charge in [0.1, 0.15) is 23.0 Å². The van der Waals surface area contributed by atoms with Crippen molar-refractivity contribution in [1.82, 2.24) is 4.90 Å². The van der Waals surface area contributed by atoms with Gasteiger partial charge < -0.3 is 10.0 Å². The minimum Gasteiger partial charge on any atom is -0.388 e. The smallest absolute Gasteiger partial charge is 0.259 e. The number of hydrogen-bond donors (Lipinski definition) is 1. The molecule has 1 aliphatic rings. The topological polar surface area (TPSA) is 40.5 Å². The normalized spacial score (nSPS) is 16.7. The quantitative estimate of drug-likeness (QED) is 0.918. The molecule has 6 heteroatoms. The molecule has 0 saturated carbocycles. The van der Waals surface area contributed by atoms with Gasteiger partial charge in [-0.3, -0.25) is 4.79 Å². The number of nitrogens with zero attached hydrogens (tertiary/aromatic N) is 1. The summed E-state index contributed by atoms with van der Waals surface area (Å²) < 4.78 is 40.5. The molecule has 25 heavy (non-hydrogen) atoms. The van der Waals surface area contributed by atoms with Crippen LogP contribution in [0.25, 0.3) is 0 Å². The Morgan fingerprint density at radius 2 is 1.60 bits per heavy atom. The van der Waals surface area contributed by atoms with Crippen LogP contribution in [0.3, 0.4) is 0 Å². The van der Waals surface area contributed by atoms with Gasteiger partial charge in [0, 0.05) is 25.2 Å². The van der Waals surface area contributed by atoms with Crippen LogP contribution in [-0.2, 0) is 0 Å². The van der Waals surface area contributed by atoms with Crippen molar-refractivity contribution in [2.24, 2.45) is 5.92 Å². The van der Waals surface area contributed by atoms with Crippen molar-refractivity contribution < 1.29 is 23.1 Å². The second-order valence-corrected chi connectivity index (χ2v) is 6.23. The lowest BCUT2D eigenvalue weighted by molar-refractivity contribution is 0.0456. The van der Waals surface area contributed by atoms with Gasteiger partial charge in [-0.1, -0.05) is 30.3 Å². The molecule has 0 aliphatic carbocycles. The van der Waals surface area contributed by atoms with Crippen molar-refractivity contribution in [3.05, 3.63) is 71.0 Å². The summed E-state index contributed by atoms with van der Waals surface area (Å²) in [5.41, 5.74) is 0.0753. The number of aliphatic hydroxyl groups is 1. The van der Waals surface area contributed by atoms with Crippen LogP contribution in [-0.4, -0.2) is 29.0 Å². The van der Waals surface area contributed by atoms with E-state index in [0.717, 1.165) is 5.56 Å². The maximum absolute atomic E-state index is 13.8. The van der Waals surface area contributed by atoms with Crippen molar-refractivity contribution in [2.75, 3.05) is 13.1 Å². The third-order valence-corrected chi connectivity index (χ3v) is 4.64. The maximum atomic E-state index is 13.8. The number of hydrogen-bond acceptors (Lipinski definition) is 2. The molecule has 1 unspecified atom stereocenters. The number of piperidine rings is 1. The molecule has 1 aliphatic heterocycles. The Hall–Kier alpha value is -2.34. The average Bonchev–Trinajstić information content (AvgIpc) is 2.61. The molecule has 1 heterocycles. The molecule has 1 amide bonds. The zero-order valence-corrected chi connectivity index (χ0v) is 13.5. The first-order valence-corrected chi connectivity index (χ1v) is 8.14. The van der Waals surface area contributed by atoms with Gasteiger partial charge in [-0.2, -0.15) is 0 Å². The lowest BCUT2D eigenvalue weighted by Crippen LogP contribution is -2.40. The van der Waals surface area contributed by atoms with Crippen LogP contribution in [0.2, 0.25) is 0 Å². The Morgan fingerprint density at radius 3 is 2.16 bits per heavy atom. The molecule has 1 N–H and O–H groups in total. The van der Waals surface area contributed by atoms with E-state index in [1.54, 1.807) is 0 Å². The first-order chi connectivity index (χ1) is 12.0. The highest BCUT2D eigenvalue weighted by atomic mass is 19.1. The number of likely N-dealkylation sites (tertiary alicyclic amines) is 1. The predicted molar refractivity (Wildman–Crippen MR) is 86.3 cm³/mol. The Balaban J connectivity index is 1.67. The van der Waals surface area contributed by atoms with E-state index < -0.39 is 35.0 Å². The molecule has 0 bridgehead atoms. The van der Waals surface area contributed by atoms with Crippen LogP contribution in [0.4, 0.5) is 13.2 Å². The minimum absolute atomic E-state index is 0.0330.